The summed E-state index contributed by atoms with van der Waals surface area (Å²) in [5.74, 6) is 0.895. The van der Waals surface area contributed by atoms with Gasteiger partial charge >= 0.3 is 5.97 Å². The van der Waals surface area contributed by atoms with Crippen LogP contribution in [0.1, 0.15) is 26.3 Å². The number of amides is 1. The fourth-order valence-electron chi connectivity index (χ4n) is 2.90. The van der Waals surface area contributed by atoms with Crippen molar-refractivity contribution in [3.63, 3.8) is 0 Å². The van der Waals surface area contributed by atoms with Gasteiger partial charge in [0.1, 0.15) is 5.75 Å². The number of nitrogens with one attached hydrogen (secondary N) is 1. The van der Waals surface area contributed by atoms with Gasteiger partial charge in [0.05, 0.1) is 30.4 Å². The third-order valence-corrected chi connectivity index (χ3v) is 5.93. The molecule has 1 amide bonds. The monoisotopic (exact) mass is 548 g/mol. The number of nitrogens with zero attached hydrogens (tertiary/aromatic N) is 1. The zero-order valence-corrected chi connectivity index (χ0v) is 21.5. The maximum absolute atomic E-state index is 12.5. The van der Waals surface area contributed by atoms with Gasteiger partial charge in [0, 0.05) is 4.47 Å². The molecule has 10 heteroatoms. The van der Waals surface area contributed by atoms with Crippen LogP contribution in [0.5, 0.6) is 17.2 Å². The van der Waals surface area contributed by atoms with E-state index in [1.54, 1.807) is 25.1 Å². The van der Waals surface area contributed by atoms with E-state index in [1.807, 2.05) is 38.1 Å². The van der Waals surface area contributed by atoms with Crippen molar-refractivity contribution in [3.05, 3.63) is 51.3 Å². The highest BCUT2D eigenvalue weighted by molar-refractivity contribution is 9.10. The molecule has 2 aromatic carbocycles. The highest BCUT2D eigenvalue weighted by Gasteiger charge is 2.24. The van der Waals surface area contributed by atoms with Crippen molar-refractivity contribution >= 4 is 56.5 Å². The van der Waals surface area contributed by atoms with Gasteiger partial charge in [-0.3, -0.25) is 4.79 Å². The van der Waals surface area contributed by atoms with Gasteiger partial charge in [0.25, 0.3) is 5.91 Å². The lowest BCUT2D eigenvalue weighted by Crippen LogP contribution is -2.19. The first-order valence-corrected chi connectivity index (χ1v) is 12.3. The Morgan fingerprint density at radius 3 is 2.41 bits per heavy atom. The molecule has 1 fully saturated rings. The Morgan fingerprint density at radius 1 is 1.03 bits per heavy atom. The van der Waals surface area contributed by atoms with E-state index < -0.39 is 5.97 Å². The maximum Gasteiger partial charge on any atom is 0.344 e. The molecule has 0 spiro atoms. The molecule has 1 saturated heterocycles. The summed E-state index contributed by atoms with van der Waals surface area (Å²) in [6.45, 7) is 6.54. The van der Waals surface area contributed by atoms with Gasteiger partial charge in [-0.05, 0) is 80.6 Å². The molecule has 8 nitrogen and oxygen atoms in total. The Balaban J connectivity index is 1.79. The number of rotatable bonds is 10. The van der Waals surface area contributed by atoms with Gasteiger partial charge in [0.15, 0.2) is 23.3 Å². The predicted molar refractivity (Wildman–Crippen MR) is 136 cm³/mol. The van der Waals surface area contributed by atoms with Crippen molar-refractivity contribution in [2.75, 3.05) is 26.4 Å². The molecule has 0 radical (unpaired) electrons. The van der Waals surface area contributed by atoms with Crippen LogP contribution < -0.4 is 19.5 Å². The highest BCUT2D eigenvalue weighted by Crippen LogP contribution is 2.37. The summed E-state index contributed by atoms with van der Waals surface area (Å²) in [6, 6.07) is 10.8. The second kappa shape index (κ2) is 12.5. The molecule has 0 saturated carbocycles. The Kier molecular flexibility index (Phi) is 9.41. The lowest BCUT2D eigenvalue weighted by atomic mass is 10.2. The molecule has 1 N–H and O–H groups in total. The number of thioether (sulfide) groups is 1. The Labute approximate surface area is 210 Å². The Hall–Kier alpha value is -2.98. The molecule has 34 heavy (non-hydrogen) atoms. The minimum atomic E-state index is -0.467. The summed E-state index contributed by atoms with van der Waals surface area (Å²) in [5, 5.41) is 3.26. The van der Waals surface area contributed by atoms with E-state index >= 15 is 0 Å². The summed E-state index contributed by atoms with van der Waals surface area (Å²) >= 11 is 4.75. The van der Waals surface area contributed by atoms with E-state index in [4.69, 9.17) is 18.9 Å². The summed E-state index contributed by atoms with van der Waals surface area (Å²) in [7, 11) is 0. The van der Waals surface area contributed by atoms with Crippen LogP contribution in [0.4, 0.5) is 5.69 Å². The van der Waals surface area contributed by atoms with Crippen molar-refractivity contribution < 1.29 is 28.5 Å². The number of halogens is 1. The molecule has 0 bridgehead atoms. The number of amidine groups is 1. The quantitative estimate of drug-likeness (QED) is 0.326. The van der Waals surface area contributed by atoms with Crippen LogP contribution in [0.15, 0.2) is 50.8 Å². The molecule has 1 aliphatic rings. The van der Waals surface area contributed by atoms with E-state index in [-0.39, 0.29) is 19.1 Å². The van der Waals surface area contributed by atoms with E-state index in [2.05, 4.69) is 26.2 Å². The number of hydrogen-bond donors (Lipinski definition) is 1. The van der Waals surface area contributed by atoms with E-state index in [0.717, 1.165) is 5.75 Å². The van der Waals surface area contributed by atoms with Crippen LogP contribution in [0.3, 0.4) is 0 Å². The molecule has 0 aliphatic carbocycles. The standard InChI is InChI=1S/C24H25BrN2O6S/c1-4-30-17-9-7-16(8-10-17)26-24-27-23(29)21(34-24)12-15-11-19(31-5-2)20(13-18(15)25)33-14-22(28)32-6-3/h7-13H,4-6,14H2,1-3H3,(H,26,27,29)/b21-12+. The van der Waals surface area contributed by atoms with Gasteiger partial charge < -0.3 is 24.3 Å². The normalized spacial score (nSPS) is 15.4. The average Bonchev–Trinajstić information content (AvgIpc) is 3.15. The molecule has 3 rings (SSSR count). The molecular formula is C24H25BrN2O6S. The van der Waals surface area contributed by atoms with E-state index in [0.29, 0.717) is 50.5 Å². The first kappa shape index (κ1) is 25.6. The first-order valence-electron chi connectivity index (χ1n) is 10.7. The van der Waals surface area contributed by atoms with Crippen LogP contribution in [-0.2, 0) is 14.3 Å². The predicted octanol–water partition coefficient (Wildman–Crippen LogP) is 5.08. The van der Waals surface area contributed by atoms with Crippen LogP contribution in [0, 0.1) is 0 Å². The summed E-state index contributed by atoms with van der Waals surface area (Å²) in [5.41, 5.74) is 1.42. The molecule has 180 valence electrons. The van der Waals surface area contributed by atoms with Crippen molar-refractivity contribution in [1.82, 2.24) is 5.32 Å². The number of hydrogen-bond acceptors (Lipinski definition) is 8. The van der Waals surface area contributed by atoms with Crippen molar-refractivity contribution in [3.8, 4) is 17.2 Å². The highest BCUT2D eigenvalue weighted by atomic mass is 79.9. The van der Waals surface area contributed by atoms with Crippen LogP contribution in [0.2, 0.25) is 0 Å². The molecule has 1 aliphatic heterocycles. The summed E-state index contributed by atoms with van der Waals surface area (Å²) in [6.07, 6.45) is 1.74. The third-order valence-electron chi connectivity index (χ3n) is 4.33. The van der Waals surface area contributed by atoms with Gasteiger partial charge in [0.2, 0.25) is 0 Å². The maximum atomic E-state index is 12.5. The minimum absolute atomic E-state index is 0.232. The zero-order chi connectivity index (χ0) is 24.5. The van der Waals surface area contributed by atoms with Crippen molar-refractivity contribution in [2.24, 2.45) is 4.99 Å². The number of carbonyl (C=O) groups excluding carboxylic acids is 2. The Bertz CT molecular complexity index is 1100. The number of benzene rings is 2. The molecular weight excluding hydrogens is 524 g/mol. The van der Waals surface area contributed by atoms with Crippen LogP contribution in [-0.4, -0.2) is 43.5 Å². The molecule has 0 atom stereocenters. The number of esters is 1. The van der Waals surface area contributed by atoms with Gasteiger partial charge in [-0.2, -0.15) is 0 Å². The topological polar surface area (TPSA) is 95.5 Å². The number of ether oxygens (including phenoxy) is 4. The molecule has 0 aromatic heterocycles. The van der Waals surface area contributed by atoms with Gasteiger partial charge in [-0.15, -0.1) is 0 Å². The average molecular weight is 549 g/mol. The first-order chi connectivity index (χ1) is 16.4. The van der Waals surface area contributed by atoms with Crippen molar-refractivity contribution in [1.29, 1.82) is 0 Å². The molecule has 1 heterocycles. The lowest BCUT2D eigenvalue weighted by molar-refractivity contribution is -0.145. The van der Waals surface area contributed by atoms with E-state index in [1.165, 1.54) is 11.8 Å². The van der Waals surface area contributed by atoms with Crippen molar-refractivity contribution in [2.45, 2.75) is 20.8 Å². The molecule has 2 aromatic rings. The smallest absolute Gasteiger partial charge is 0.344 e. The SMILES string of the molecule is CCOC(=O)COc1cc(Br)c(/C=C2/SC(=Nc3ccc(OCC)cc3)NC2=O)cc1OCC. The number of aliphatic imine (C=N–C) groups is 1. The summed E-state index contributed by atoms with van der Waals surface area (Å²) in [4.78, 5) is 29.1. The number of carbonyl (C=O) groups is 2. The molecule has 0 unspecified atom stereocenters. The lowest BCUT2D eigenvalue weighted by Gasteiger charge is -2.13. The minimum Gasteiger partial charge on any atom is -0.494 e. The van der Waals surface area contributed by atoms with E-state index in [9.17, 15) is 9.59 Å². The Morgan fingerprint density at radius 2 is 1.74 bits per heavy atom. The van der Waals surface area contributed by atoms with Crippen LogP contribution >= 0.6 is 27.7 Å². The summed E-state index contributed by atoms with van der Waals surface area (Å²) < 4.78 is 22.3. The fourth-order valence-corrected chi connectivity index (χ4v) is 4.17. The van der Waals surface area contributed by atoms with Gasteiger partial charge in [-0.1, -0.05) is 15.9 Å². The largest absolute Gasteiger partial charge is 0.494 e. The third kappa shape index (κ3) is 7.01. The fraction of sp³-hybridized carbons (Fsp3) is 0.292. The van der Waals surface area contributed by atoms with Crippen LogP contribution in [0.25, 0.3) is 6.08 Å². The van der Waals surface area contributed by atoms with Gasteiger partial charge in [-0.25, -0.2) is 9.79 Å². The second-order valence-electron chi connectivity index (χ2n) is 6.76. The second-order valence-corrected chi connectivity index (χ2v) is 8.64. The zero-order valence-electron chi connectivity index (χ0n) is 19.1.